The molecule has 8 nitrogen and oxygen atoms in total. The normalized spacial score (nSPS) is 13.9. The largest absolute Gasteiger partial charge is 0.359 e. The van der Waals surface area contributed by atoms with Crippen molar-refractivity contribution in [2.24, 2.45) is 4.99 Å². The number of benzene rings is 2. The van der Waals surface area contributed by atoms with Crippen molar-refractivity contribution in [3.05, 3.63) is 58.7 Å². The predicted molar refractivity (Wildman–Crippen MR) is 115 cm³/mol. The summed E-state index contributed by atoms with van der Waals surface area (Å²) in [4.78, 5) is 16.4. The number of H-pyrrole nitrogens is 1. The van der Waals surface area contributed by atoms with Crippen molar-refractivity contribution in [2.75, 3.05) is 12.4 Å². The number of amides is 1. The quantitative estimate of drug-likeness (QED) is 0.336. The molecule has 0 unspecified atom stereocenters. The number of fused-ring (bicyclic) bond motifs is 1. The van der Waals surface area contributed by atoms with Gasteiger partial charge in [0.05, 0.1) is 22.4 Å². The van der Waals surface area contributed by atoms with Gasteiger partial charge in [0.2, 0.25) is 5.96 Å². The highest BCUT2D eigenvalue weighted by Gasteiger charge is 2.23. The topological polar surface area (TPSA) is 118 Å². The van der Waals surface area contributed by atoms with Crippen LogP contribution in [-0.2, 0) is 0 Å². The fraction of sp³-hybridized carbons (Fsp3) is 0.200. The Labute approximate surface area is 172 Å². The van der Waals surface area contributed by atoms with E-state index in [0.29, 0.717) is 33.8 Å². The fourth-order valence-electron chi connectivity index (χ4n) is 2.81. The van der Waals surface area contributed by atoms with Crippen LogP contribution in [0.15, 0.2) is 47.6 Å². The number of halogens is 1. The fourth-order valence-corrected chi connectivity index (χ4v) is 3.07. The summed E-state index contributed by atoms with van der Waals surface area (Å²) >= 11 is 6.43. The zero-order valence-electron chi connectivity index (χ0n) is 15.7. The van der Waals surface area contributed by atoms with Gasteiger partial charge < -0.3 is 16.0 Å². The van der Waals surface area contributed by atoms with Gasteiger partial charge >= 0.3 is 0 Å². The van der Waals surface area contributed by atoms with E-state index < -0.39 is 0 Å². The first-order valence-corrected chi connectivity index (χ1v) is 9.58. The van der Waals surface area contributed by atoms with Crippen LogP contribution < -0.4 is 16.0 Å². The van der Waals surface area contributed by atoms with Gasteiger partial charge in [-0.2, -0.15) is 10.1 Å². The Kier molecular flexibility index (Phi) is 5.18. The first kappa shape index (κ1) is 18.9. The first-order valence-electron chi connectivity index (χ1n) is 9.20. The Morgan fingerprint density at radius 1 is 1.21 bits per heavy atom. The summed E-state index contributed by atoms with van der Waals surface area (Å²) in [6, 6.07) is 10.8. The Morgan fingerprint density at radius 2 is 1.93 bits per heavy atom. The SMILES string of the molecule is CN/C(=N\C(=N)c1ccc(C(=O)NC2CC2)cc1)Nc1ccc2[nH]ncc2c1Cl. The number of aromatic amines is 1. The number of aliphatic imine (C=N–C) groups is 1. The van der Waals surface area contributed by atoms with Crippen LogP contribution in [0.25, 0.3) is 10.9 Å². The van der Waals surface area contributed by atoms with E-state index in [1.165, 1.54) is 0 Å². The molecule has 29 heavy (non-hydrogen) atoms. The molecule has 1 heterocycles. The highest BCUT2D eigenvalue weighted by atomic mass is 35.5. The summed E-state index contributed by atoms with van der Waals surface area (Å²) in [6.45, 7) is 0. The second-order valence-corrected chi connectivity index (χ2v) is 7.15. The third-order valence-corrected chi connectivity index (χ3v) is 5.01. The number of rotatable bonds is 4. The number of amidine groups is 1. The summed E-state index contributed by atoms with van der Waals surface area (Å²) < 4.78 is 0. The van der Waals surface area contributed by atoms with E-state index in [9.17, 15) is 4.79 Å². The molecule has 1 aliphatic carbocycles. The molecule has 0 saturated heterocycles. The average molecular weight is 410 g/mol. The van der Waals surface area contributed by atoms with Gasteiger partial charge in [-0.25, -0.2) is 0 Å². The van der Waals surface area contributed by atoms with E-state index in [1.54, 1.807) is 37.5 Å². The Hall–Kier alpha value is -3.39. The highest BCUT2D eigenvalue weighted by Crippen LogP contribution is 2.29. The van der Waals surface area contributed by atoms with Crippen molar-refractivity contribution >= 4 is 45.9 Å². The summed E-state index contributed by atoms with van der Waals surface area (Å²) in [7, 11) is 1.70. The Balaban J connectivity index is 1.49. The molecule has 1 aromatic heterocycles. The summed E-state index contributed by atoms with van der Waals surface area (Å²) in [5, 5.41) is 25.4. The molecule has 0 radical (unpaired) electrons. The molecule has 3 aromatic rings. The van der Waals surface area contributed by atoms with Gasteiger partial charge in [0.15, 0.2) is 5.84 Å². The van der Waals surface area contributed by atoms with Crippen LogP contribution in [0.4, 0.5) is 5.69 Å². The number of carbonyl (C=O) groups excluding carboxylic acids is 1. The van der Waals surface area contributed by atoms with E-state index in [-0.39, 0.29) is 11.7 Å². The second-order valence-electron chi connectivity index (χ2n) is 6.77. The van der Waals surface area contributed by atoms with E-state index in [1.807, 2.05) is 12.1 Å². The number of nitrogens with one attached hydrogen (secondary N) is 5. The van der Waals surface area contributed by atoms with Crippen LogP contribution in [-0.4, -0.2) is 41.0 Å². The molecular formula is C20H20ClN7O. The molecule has 148 valence electrons. The molecule has 1 aliphatic rings. The van der Waals surface area contributed by atoms with Crippen molar-refractivity contribution in [1.29, 1.82) is 5.41 Å². The number of aromatic nitrogens is 2. The minimum Gasteiger partial charge on any atom is -0.359 e. The highest BCUT2D eigenvalue weighted by molar-refractivity contribution is 6.38. The molecule has 5 N–H and O–H groups in total. The lowest BCUT2D eigenvalue weighted by Crippen LogP contribution is -2.28. The van der Waals surface area contributed by atoms with Gasteiger partial charge in [0.25, 0.3) is 5.91 Å². The standard InChI is InChI=1S/C20H20ClN7O/c1-23-20(26-16-9-8-15-14(17(16)21)10-24-28-15)27-18(22)11-2-4-12(5-3-11)19(29)25-13-6-7-13/h2-5,8-10,13H,6-7H2,1H3,(H,24,28)(H,25,29)(H3,22,23,26,27). The van der Waals surface area contributed by atoms with Gasteiger partial charge in [0.1, 0.15) is 0 Å². The molecular weight excluding hydrogens is 390 g/mol. The van der Waals surface area contributed by atoms with Gasteiger partial charge in [0, 0.05) is 29.6 Å². The van der Waals surface area contributed by atoms with Crippen molar-refractivity contribution in [1.82, 2.24) is 20.8 Å². The van der Waals surface area contributed by atoms with E-state index in [4.69, 9.17) is 17.0 Å². The van der Waals surface area contributed by atoms with Crippen molar-refractivity contribution in [3.63, 3.8) is 0 Å². The maximum Gasteiger partial charge on any atom is 0.251 e. The van der Waals surface area contributed by atoms with E-state index in [2.05, 4.69) is 31.1 Å². The Morgan fingerprint density at radius 3 is 2.62 bits per heavy atom. The first-order chi connectivity index (χ1) is 14.0. The minimum absolute atomic E-state index is 0.0523. The lowest BCUT2D eigenvalue weighted by Gasteiger charge is -2.12. The van der Waals surface area contributed by atoms with Crippen LogP contribution in [0.3, 0.4) is 0 Å². The minimum atomic E-state index is -0.0871. The Bertz CT molecular complexity index is 1100. The van der Waals surface area contributed by atoms with Crippen LogP contribution in [0.2, 0.25) is 5.02 Å². The maximum absolute atomic E-state index is 12.1. The van der Waals surface area contributed by atoms with Crippen LogP contribution in [0.1, 0.15) is 28.8 Å². The monoisotopic (exact) mass is 409 g/mol. The van der Waals surface area contributed by atoms with Gasteiger partial charge in [-0.3, -0.25) is 15.3 Å². The average Bonchev–Trinajstić information content (AvgIpc) is 3.41. The third-order valence-electron chi connectivity index (χ3n) is 4.61. The van der Waals surface area contributed by atoms with Crippen LogP contribution in [0, 0.1) is 5.41 Å². The number of hydrogen-bond acceptors (Lipinski definition) is 3. The molecule has 9 heteroatoms. The van der Waals surface area contributed by atoms with Gasteiger partial charge in [-0.1, -0.05) is 23.7 Å². The molecule has 0 atom stereocenters. The van der Waals surface area contributed by atoms with Crippen molar-refractivity contribution < 1.29 is 4.79 Å². The van der Waals surface area contributed by atoms with Crippen LogP contribution >= 0.6 is 11.6 Å². The van der Waals surface area contributed by atoms with Gasteiger partial charge in [-0.05, 0) is 37.1 Å². The maximum atomic E-state index is 12.1. The van der Waals surface area contributed by atoms with Crippen molar-refractivity contribution in [3.8, 4) is 0 Å². The molecule has 1 amide bonds. The lowest BCUT2D eigenvalue weighted by atomic mass is 10.1. The predicted octanol–water partition coefficient (Wildman–Crippen LogP) is 3.12. The molecule has 0 aliphatic heterocycles. The third kappa shape index (κ3) is 4.22. The number of guanidine groups is 1. The second kappa shape index (κ2) is 7.92. The summed E-state index contributed by atoms with van der Waals surface area (Å²) in [6.07, 6.45) is 3.74. The number of nitrogens with zero attached hydrogens (tertiary/aromatic N) is 2. The molecule has 0 spiro atoms. The smallest absolute Gasteiger partial charge is 0.251 e. The molecule has 4 rings (SSSR count). The van der Waals surface area contributed by atoms with Crippen molar-refractivity contribution in [2.45, 2.75) is 18.9 Å². The molecule has 1 saturated carbocycles. The van der Waals surface area contributed by atoms with Gasteiger partial charge in [-0.15, -0.1) is 0 Å². The number of carbonyl (C=O) groups is 1. The number of anilines is 1. The zero-order valence-corrected chi connectivity index (χ0v) is 16.5. The molecule has 1 fully saturated rings. The molecule has 0 bridgehead atoms. The van der Waals surface area contributed by atoms with Crippen LogP contribution in [0.5, 0.6) is 0 Å². The molecule has 2 aromatic carbocycles. The number of hydrogen-bond donors (Lipinski definition) is 5. The zero-order chi connectivity index (χ0) is 20.4. The van der Waals surface area contributed by atoms with E-state index in [0.717, 1.165) is 23.7 Å². The summed E-state index contributed by atoms with van der Waals surface area (Å²) in [5.74, 6) is 0.336. The summed E-state index contributed by atoms with van der Waals surface area (Å²) in [5.41, 5.74) is 2.65. The van der Waals surface area contributed by atoms with E-state index >= 15 is 0 Å². The lowest BCUT2D eigenvalue weighted by molar-refractivity contribution is 0.0951.